The molecule has 0 aromatic heterocycles. The minimum Gasteiger partial charge on any atom is -0.462 e. The van der Waals surface area contributed by atoms with Crippen LogP contribution in [0.4, 0.5) is 0 Å². The maximum atomic E-state index is 12.5. The molecule has 5 aliphatic rings. The molecule has 3 saturated carbocycles. The third kappa shape index (κ3) is 2.80. The Labute approximate surface area is 184 Å². The summed E-state index contributed by atoms with van der Waals surface area (Å²) in [4.78, 5) is 24.3. The van der Waals surface area contributed by atoms with Crippen LogP contribution >= 0.6 is 0 Å². The van der Waals surface area contributed by atoms with Gasteiger partial charge in [-0.05, 0) is 68.8 Å². The summed E-state index contributed by atoms with van der Waals surface area (Å²) in [6.45, 7) is 8.89. The van der Waals surface area contributed by atoms with E-state index in [-0.39, 0.29) is 34.9 Å². The van der Waals surface area contributed by atoms with E-state index in [0.29, 0.717) is 32.5 Å². The zero-order chi connectivity index (χ0) is 22.2. The minimum absolute atomic E-state index is 0.0597. The molecule has 0 aromatic rings. The summed E-state index contributed by atoms with van der Waals surface area (Å²) in [5.74, 6) is -0.645. The second-order valence-corrected chi connectivity index (χ2v) is 11.1. The van der Waals surface area contributed by atoms with Gasteiger partial charge in [0.1, 0.15) is 6.10 Å². The molecule has 1 heterocycles. The smallest absolute Gasteiger partial charge is 0.302 e. The van der Waals surface area contributed by atoms with Gasteiger partial charge < -0.3 is 19.3 Å². The Kier molecular flexibility index (Phi) is 4.79. The molecule has 7 atom stereocenters. The van der Waals surface area contributed by atoms with Gasteiger partial charge in [-0.3, -0.25) is 9.59 Å². The fraction of sp³-hybridized carbons (Fsp3) is 0.840. The molecule has 0 bridgehead atoms. The number of allylic oxidation sites excluding steroid dienone is 1. The molecule has 0 amide bonds. The number of hydrogen-bond donors (Lipinski definition) is 1. The van der Waals surface area contributed by atoms with Crippen molar-refractivity contribution < 1.29 is 28.9 Å². The molecule has 1 saturated heterocycles. The van der Waals surface area contributed by atoms with E-state index in [2.05, 4.69) is 13.8 Å². The molecular formula is C25H36O6. The number of aliphatic hydroxyl groups is 1. The maximum absolute atomic E-state index is 12.5. The molecule has 0 unspecified atom stereocenters. The van der Waals surface area contributed by atoms with Gasteiger partial charge in [0.05, 0.1) is 18.8 Å². The summed E-state index contributed by atoms with van der Waals surface area (Å²) in [6, 6.07) is 0. The second-order valence-electron chi connectivity index (χ2n) is 11.1. The van der Waals surface area contributed by atoms with Crippen LogP contribution in [-0.2, 0) is 23.8 Å². The van der Waals surface area contributed by atoms with Crippen molar-refractivity contribution in [3.05, 3.63) is 11.6 Å². The highest BCUT2D eigenvalue weighted by Crippen LogP contribution is 2.70. The monoisotopic (exact) mass is 432 g/mol. The summed E-state index contributed by atoms with van der Waals surface area (Å²) in [7, 11) is 0. The van der Waals surface area contributed by atoms with Crippen molar-refractivity contribution in [1.82, 2.24) is 0 Å². The van der Waals surface area contributed by atoms with Crippen molar-refractivity contribution in [2.24, 2.45) is 28.6 Å². The zero-order valence-electron chi connectivity index (χ0n) is 19.2. The zero-order valence-corrected chi connectivity index (χ0v) is 19.2. The van der Waals surface area contributed by atoms with Crippen LogP contribution in [0.1, 0.15) is 72.6 Å². The molecule has 172 valence electrons. The average Bonchev–Trinajstić information content (AvgIpc) is 3.25. The fourth-order valence-corrected chi connectivity index (χ4v) is 8.42. The quantitative estimate of drug-likeness (QED) is 0.672. The standard InChI is InChI=1S/C25H36O6/c1-15(26)31-21-14-19-18(6-5-16-13-17(27)7-9-22(16,19)2)25(28)10-8-20(23(21,25)3)24(4)29-11-12-30-24/h13,18-21,28H,5-12,14H2,1-4H3/t18-,19+,20+,21-,22+,23+,25+/m1/s1. The van der Waals surface area contributed by atoms with Gasteiger partial charge in [0.2, 0.25) is 0 Å². The summed E-state index contributed by atoms with van der Waals surface area (Å²) < 4.78 is 18.1. The second kappa shape index (κ2) is 6.88. The number of esters is 1. The number of ketones is 1. The van der Waals surface area contributed by atoms with Gasteiger partial charge in [0.25, 0.3) is 0 Å². The van der Waals surface area contributed by atoms with Crippen molar-refractivity contribution in [2.75, 3.05) is 13.2 Å². The third-order valence-corrected chi connectivity index (χ3v) is 10.0. The van der Waals surface area contributed by atoms with E-state index in [1.54, 1.807) is 0 Å². The first-order valence-electron chi connectivity index (χ1n) is 12.0. The summed E-state index contributed by atoms with van der Waals surface area (Å²) in [5.41, 5.74) is -0.521. The van der Waals surface area contributed by atoms with Crippen molar-refractivity contribution in [1.29, 1.82) is 0 Å². The van der Waals surface area contributed by atoms with Crippen LogP contribution in [0.25, 0.3) is 0 Å². The molecule has 1 aliphatic heterocycles. The Balaban J connectivity index is 1.60. The topological polar surface area (TPSA) is 82.1 Å². The van der Waals surface area contributed by atoms with Crippen LogP contribution < -0.4 is 0 Å². The first-order chi connectivity index (χ1) is 14.5. The molecule has 6 heteroatoms. The van der Waals surface area contributed by atoms with Gasteiger partial charge in [-0.2, -0.15) is 0 Å². The van der Waals surface area contributed by atoms with E-state index < -0.39 is 22.9 Å². The fourth-order valence-electron chi connectivity index (χ4n) is 8.42. The van der Waals surface area contributed by atoms with Crippen LogP contribution in [0, 0.1) is 28.6 Å². The van der Waals surface area contributed by atoms with Crippen LogP contribution in [0.3, 0.4) is 0 Å². The lowest BCUT2D eigenvalue weighted by molar-refractivity contribution is -0.278. The molecule has 4 aliphatic carbocycles. The molecule has 0 spiro atoms. The van der Waals surface area contributed by atoms with Crippen LogP contribution in [0.2, 0.25) is 0 Å². The van der Waals surface area contributed by atoms with Crippen molar-refractivity contribution in [3.63, 3.8) is 0 Å². The molecule has 4 fully saturated rings. The highest BCUT2D eigenvalue weighted by molar-refractivity contribution is 5.91. The van der Waals surface area contributed by atoms with E-state index in [4.69, 9.17) is 14.2 Å². The van der Waals surface area contributed by atoms with E-state index in [1.165, 1.54) is 12.5 Å². The van der Waals surface area contributed by atoms with E-state index >= 15 is 0 Å². The van der Waals surface area contributed by atoms with Crippen LogP contribution in [0.5, 0.6) is 0 Å². The number of carbonyl (C=O) groups excluding carboxylic acids is 2. The lowest BCUT2D eigenvalue weighted by Crippen LogP contribution is -2.68. The molecule has 0 aromatic carbocycles. The largest absolute Gasteiger partial charge is 0.462 e. The van der Waals surface area contributed by atoms with Crippen molar-refractivity contribution in [2.45, 2.75) is 90.1 Å². The lowest BCUT2D eigenvalue weighted by Gasteiger charge is -2.64. The number of hydrogen-bond acceptors (Lipinski definition) is 6. The number of rotatable bonds is 2. The van der Waals surface area contributed by atoms with Crippen molar-refractivity contribution >= 4 is 11.8 Å². The predicted molar refractivity (Wildman–Crippen MR) is 113 cm³/mol. The molecule has 5 rings (SSSR count). The van der Waals surface area contributed by atoms with Gasteiger partial charge in [0.15, 0.2) is 11.6 Å². The summed E-state index contributed by atoms with van der Waals surface area (Å²) in [5, 5.41) is 12.5. The number of carbonyl (C=O) groups is 2. The maximum Gasteiger partial charge on any atom is 0.302 e. The Morgan fingerprint density at radius 3 is 2.48 bits per heavy atom. The Morgan fingerprint density at radius 1 is 1.10 bits per heavy atom. The number of ether oxygens (including phenoxy) is 3. The van der Waals surface area contributed by atoms with Gasteiger partial charge in [-0.1, -0.05) is 19.4 Å². The van der Waals surface area contributed by atoms with E-state index in [0.717, 1.165) is 25.7 Å². The summed E-state index contributed by atoms with van der Waals surface area (Å²) in [6.07, 6.45) is 6.67. The van der Waals surface area contributed by atoms with Gasteiger partial charge in [-0.25, -0.2) is 0 Å². The first kappa shape index (κ1) is 21.6. The Hall–Kier alpha value is -1.24. The predicted octanol–water partition coefficient (Wildman–Crippen LogP) is 3.55. The number of fused-ring (bicyclic) bond motifs is 5. The van der Waals surface area contributed by atoms with E-state index in [9.17, 15) is 14.7 Å². The highest BCUT2D eigenvalue weighted by atomic mass is 16.7. The minimum atomic E-state index is -0.963. The van der Waals surface area contributed by atoms with E-state index in [1.807, 2.05) is 13.0 Å². The average molecular weight is 433 g/mol. The van der Waals surface area contributed by atoms with Crippen LogP contribution in [0.15, 0.2) is 11.6 Å². The summed E-state index contributed by atoms with van der Waals surface area (Å²) >= 11 is 0. The third-order valence-electron chi connectivity index (χ3n) is 10.0. The Bertz CT molecular complexity index is 828. The van der Waals surface area contributed by atoms with Crippen molar-refractivity contribution in [3.8, 4) is 0 Å². The van der Waals surface area contributed by atoms with Gasteiger partial charge in [-0.15, -0.1) is 0 Å². The molecule has 0 radical (unpaired) electrons. The molecular weight excluding hydrogens is 396 g/mol. The molecule has 31 heavy (non-hydrogen) atoms. The Morgan fingerprint density at radius 2 is 1.81 bits per heavy atom. The lowest BCUT2D eigenvalue weighted by atomic mass is 9.44. The first-order valence-corrected chi connectivity index (χ1v) is 12.0. The SMILES string of the molecule is CC(=O)O[C@@H]1C[C@H]2[C@@H](CCC3=CC(=O)CC[C@@]32C)[C@@]2(O)CC[C@H](C3(C)OCCO3)[C@@]12C. The molecule has 1 N–H and O–H groups in total. The normalized spacial score (nSPS) is 48.4. The van der Waals surface area contributed by atoms with Gasteiger partial charge in [0, 0.05) is 24.7 Å². The molecule has 6 nitrogen and oxygen atoms in total. The van der Waals surface area contributed by atoms with Gasteiger partial charge >= 0.3 is 5.97 Å². The van der Waals surface area contributed by atoms with Crippen LogP contribution in [-0.4, -0.2) is 47.6 Å². The highest BCUT2D eigenvalue weighted by Gasteiger charge is 2.73.